The maximum atomic E-state index is 4.49. The lowest BCUT2D eigenvalue weighted by Crippen LogP contribution is -2.32. The molecule has 0 saturated carbocycles. The van der Waals surface area contributed by atoms with E-state index in [0.717, 1.165) is 29.7 Å². The normalized spacial score (nSPS) is 12.1. The number of hydrogen-bond donors (Lipinski definition) is 1. The second kappa shape index (κ2) is 6.25. The molecule has 0 aromatic carbocycles. The summed E-state index contributed by atoms with van der Waals surface area (Å²) in [6.45, 7) is 8.48. The molecule has 0 saturated heterocycles. The lowest BCUT2D eigenvalue weighted by Gasteiger charge is -2.22. The van der Waals surface area contributed by atoms with Gasteiger partial charge < -0.3 is 5.32 Å². The standard InChI is InChI=1S/C12H22BrN3S/c1-6-9-11(13)10(16(4)15-9)7-14-8-12(2,3)17-5/h14H,6-8H2,1-5H3. The Labute approximate surface area is 117 Å². The molecule has 0 amide bonds. The van der Waals surface area contributed by atoms with E-state index in [1.54, 1.807) is 0 Å². The predicted molar refractivity (Wildman–Crippen MR) is 79.6 cm³/mol. The first kappa shape index (κ1) is 15.1. The van der Waals surface area contributed by atoms with Crippen molar-refractivity contribution in [2.24, 2.45) is 7.05 Å². The largest absolute Gasteiger partial charge is 0.310 e. The highest BCUT2D eigenvalue weighted by Crippen LogP contribution is 2.23. The van der Waals surface area contributed by atoms with Crippen molar-refractivity contribution in [1.82, 2.24) is 15.1 Å². The van der Waals surface area contributed by atoms with Gasteiger partial charge in [0.15, 0.2) is 0 Å². The zero-order chi connectivity index (χ0) is 13.1. The third-order valence-corrected chi connectivity index (χ3v) is 5.06. The number of nitrogens with zero attached hydrogens (tertiary/aromatic N) is 2. The molecule has 0 atom stereocenters. The molecular formula is C12H22BrN3S. The molecular weight excluding hydrogens is 298 g/mol. The average molecular weight is 320 g/mol. The van der Waals surface area contributed by atoms with Crippen LogP contribution in [0.1, 0.15) is 32.2 Å². The minimum absolute atomic E-state index is 0.276. The smallest absolute Gasteiger partial charge is 0.0767 e. The van der Waals surface area contributed by atoms with Crippen LogP contribution in [0.15, 0.2) is 4.47 Å². The Hall–Kier alpha value is -0.000000000000000111. The third-order valence-electron chi connectivity index (χ3n) is 2.90. The van der Waals surface area contributed by atoms with Crippen LogP contribution < -0.4 is 5.32 Å². The van der Waals surface area contributed by atoms with Gasteiger partial charge in [0.2, 0.25) is 0 Å². The number of nitrogens with one attached hydrogen (secondary N) is 1. The zero-order valence-corrected chi connectivity index (χ0v) is 13.7. The minimum Gasteiger partial charge on any atom is -0.310 e. The van der Waals surface area contributed by atoms with Gasteiger partial charge >= 0.3 is 0 Å². The van der Waals surface area contributed by atoms with Gasteiger partial charge in [-0.3, -0.25) is 4.68 Å². The zero-order valence-electron chi connectivity index (χ0n) is 11.3. The van der Waals surface area contributed by atoms with Crippen LogP contribution in [0.4, 0.5) is 0 Å². The Bertz CT molecular complexity index is 374. The highest BCUT2D eigenvalue weighted by molar-refractivity contribution is 9.10. The molecule has 1 aromatic heterocycles. The van der Waals surface area contributed by atoms with Crippen molar-refractivity contribution in [2.75, 3.05) is 12.8 Å². The van der Waals surface area contributed by atoms with Crippen LogP contribution in [0.2, 0.25) is 0 Å². The molecule has 1 aromatic rings. The highest BCUT2D eigenvalue weighted by Gasteiger charge is 2.17. The molecule has 0 unspecified atom stereocenters. The molecule has 3 nitrogen and oxygen atoms in total. The van der Waals surface area contributed by atoms with Gasteiger partial charge in [-0.25, -0.2) is 0 Å². The van der Waals surface area contributed by atoms with Crippen molar-refractivity contribution < 1.29 is 0 Å². The second-order valence-electron chi connectivity index (χ2n) is 4.75. The lowest BCUT2D eigenvalue weighted by atomic mass is 10.2. The molecule has 1 N–H and O–H groups in total. The van der Waals surface area contributed by atoms with E-state index >= 15 is 0 Å². The van der Waals surface area contributed by atoms with Gasteiger partial charge in [0, 0.05) is 24.9 Å². The summed E-state index contributed by atoms with van der Waals surface area (Å²) in [5, 5.41) is 7.99. The van der Waals surface area contributed by atoms with Gasteiger partial charge in [-0.1, -0.05) is 6.92 Å². The topological polar surface area (TPSA) is 29.9 Å². The van der Waals surface area contributed by atoms with Crippen molar-refractivity contribution in [3.8, 4) is 0 Å². The first-order valence-electron chi connectivity index (χ1n) is 5.87. The van der Waals surface area contributed by atoms with E-state index in [1.807, 2.05) is 23.5 Å². The molecule has 0 bridgehead atoms. The molecule has 0 aliphatic heterocycles. The van der Waals surface area contributed by atoms with Crippen LogP contribution in [0.25, 0.3) is 0 Å². The van der Waals surface area contributed by atoms with Gasteiger partial charge in [0.25, 0.3) is 0 Å². The minimum atomic E-state index is 0.276. The summed E-state index contributed by atoms with van der Waals surface area (Å²) in [4.78, 5) is 0. The fourth-order valence-electron chi connectivity index (χ4n) is 1.57. The molecule has 98 valence electrons. The fourth-order valence-corrected chi connectivity index (χ4v) is 2.57. The third kappa shape index (κ3) is 4.00. The van der Waals surface area contributed by atoms with Gasteiger partial charge in [0.05, 0.1) is 15.9 Å². The summed E-state index contributed by atoms with van der Waals surface area (Å²) in [5.74, 6) is 0. The van der Waals surface area contributed by atoms with E-state index in [9.17, 15) is 0 Å². The summed E-state index contributed by atoms with van der Waals surface area (Å²) in [6.07, 6.45) is 3.11. The molecule has 0 aliphatic carbocycles. The van der Waals surface area contributed by atoms with Crippen molar-refractivity contribution >= 4 is 27.7 Å². The summed E-state index contributed by atoms with van der Waals surface area (Å²) < 4.78 is 3.39. The van der Waals surface area contributed by atoms with E-state index in [2.05, 4.69) is 53.4 Å². The van der Waals surface area contributed by atoms with Crippen molar-refractivity contribution in [2.45, 2.75) is 38.5 Å². The molecule has 0 aliphatic rings. The lowest BCUT2D eigenvalue weighted by molar-refractivity contribution is 0.566. The first-order valence-corrected chi connectivity index (χ1v) is 7.89. The SMILES string of the molecule is CCc1nn(C)c(CNCC(C)(C)SC)c1Br. The van der Waals surface area contributed by atoms with E-state index in [0.29, 0.717) is 0 Å². The molecule has 5 heteroatoms. The number of thioether (sulfide) groups is 1. The van der Waals surface area contributed by atoms with E-state index in [4.69, 9.17) is 0 Å². The van der Waals surface area contributed by atoms with Gasteiger partial charge in [-0.05, 0) is 42.5 Å². The number of aryl methyl sites for hydroxylation is 2. The summed E-state index contributed by atoms with van der Waals surface area (Å²) >= 11 is 5.52. The first-order chi connectivity index (χ1) is 7.91. The Morgan fingerprint density at radius 2 is 2.12 bits per heavy atom. The molecule has 0 radical (unpaired) electrons. The Balaban J connectivity index is 2.61. The summed E-state index contributed by atoms with van der Waals surface area (Å²) in [5.41, 5.74) is 2.35. The molecule has 0 spiro atoms. The van der Waals surface area contributed by atoms with Crippen LogP contribution in [-0.4, -0.2) is 27.3 Å². The average Bonchev–Trinajstić information content (AvgIpc) is 2.56. The van der Waals surface area contributed by atoms with Crippen LogP contribution in [-0.2, 0) is 20.0 Å². The highest BCUT2D eigenvalue weighted by atomic mass is 79.9. The summed E-state index contributed by atoms with van der Waals surface area (Å²) in [7, 11) is 2.00. The number of aromatic nitrogens is 2. The number of rotatable bonds is 6. The van der Waals surface area contributed by atoms with Gasteiger partial charge in [-0.15, -0.1) is 0 Å². The van der Waals surface area contributed by atoms with Crippen molar-refractivity contribution in [3.63, 3.8) is 0 Å². The molecule has 17 heavy (non-hydrogen) atoms. The molecule has 0 fully saturated rings. The second-order valence-corrected chi connectivity index (χ2v) is 7.06. The Morgan fingerprint density at radius 1 is 1.47 bits per heavy atom. The van der Waals surface area contributed by atoms with Gasteiger partial charge in [0.1, 0.15) is 0 Å². The monoisotopic (exact) mass is 319 g/mol. The molecule has 1 rings (SSSR count). The maximum absolute atomic E-state index is 4.49. The van der Waals surface area contributed by atoms with Crippen LogP contribution >= 0.6 is 27.7 Å². The number of hydrogen-bond acceptors (Lipinski definition) is 3. The fraction of sp³-hybridized carbons (Fsp3) is 0.750. The maximum Gasteiger partial charge on any atom is 0.0767 e. The van der Waals surface area contributed by atoms with Crippen LogP contribution in [0.5, 0.6) is 0 Å². The van der Waals surface area contributed by atoms with Crippen molar-refractivity contribution in [1.29, 1.82) is 0 Å². The van der Waals surface area contributed by atoms with Gasteiger partial charge in [-0.2, -0.15) is 16.9 Å². The van der Waals surface area contributed by atoms with Crippen molar-refractivity contribution in [3.05, 3.63) is 15.9 Å². The number of halogens is 1. The van der Waals surface area contributed by atoms with E-state index in [-0.39, 0.29) is 4.75 Å². The van der Waals surface area contributed by atoms with E-state index < -0.39 is 0 Å². The van der Waals surface area contributed by atoms with E-state index in [1.165, 1.54) is 5.69 Å². The Morgan fingerprint density at radius 3 is 2.59 bits per heavy atom. The van der Waals surface area contributed by atoms with Crippen LogP contribution in [0.3, 0.4) is 0 Å². The predicted octanol–water partition coefficient (Wildman–Crippen LogP) is 2.98. The molecule has 1 heterocycles. The Kier molecular flexibility index (Phi) is 5.54. The quantitative estimate of drug-likeness (QED) is 0.874. The van der Waals surface area contributed by atoms with Crippen LogP contribution in [0, 0.1) is 0 Å². The summed E-state index contributed by atoms with van der Waals surface area (Å²) in [6, 6.07) is 0.